The lowest BCUT2D eigenvalue weighted by Gasteiger charge is -2.08. The Balaban J connectivity index is 0.000000671. The van der Waals surface area contributed by atoms with Crippen molar-refractivity contribution in [1.82, 2.24) is 5.32 Å². The number of hydrogen-bond donors (Lipinski definition) is 2. The van der Waals surface area contributed by atoms with Gasteiger partial charge in [-0.1, -0.05) is 6.07 Å². The van der Waals surface area contributed by atoms with Gasteiger partial charge in [0.25, 0.3) is 0 Å². The highest BCUT2D eigenvalue weighted by molar-refractivity contribution is 8.00. The minimum atomic E-state index is -0.0788. The summed E-state index contributed by atoms with van der Waals surface area (Å²) in [5.74, 6) is 2.76. The average Bonchev–Trinajstić information content (AvgIpc) is 3.03. The molecule has 0 radical (unpaired) electrons. The summed E-state index contributed by atoms with van der Waals surface area (Å²) in [5.41, 5.74) is 2.75. The van der Waals surface area contributed by atoms with Crippen molar-refractivity contribution in [2.45, 2.75) is 37.4 Å². The molecule has 1 fully saturated rings. The van der Waals surface area contributed by atoms with Crippen molar-refractivity contribution in [2.75, 3.05) is 26.5 Å². The number of rotatable bonds is 6. The van der Waals surface area contributed by atoms with Crippen LogP contribution in [0.25, 0.3) is 0 Å². The zero-order valence-electron chi connectivity index (χ0n) is 14.6. The smallest absolute Gasteiger partial charge is 0.305 e. The van der Waals surface area contributed by atoms with Gasteiger partial charge in [-0.05, 0) is 68.8 Å². The topological polar surface area (TPSA) is 58.6 Å². The zero-order valence-corrected chi connectivity index (χ0v) is 16.2. The summed E-state index contributed by atoms with van der Waals surface area (Å²) in [7, 11) is 3.75. The van der Waals surface area contributed by atoms with E-state index < -0.39 is 0 Å². The molecule has 2 aliphatic rings. The predicted octanol–water partition coefficient (Wildman–Crippen LogP) is 3.36. The maximum atomic E-state index is 11.2. The molecule has 3 rings (SSSR count). The second-order valence-electron chi connectivity index (χ2n) is 6.02. The van der Waals surface area contributed by atoms with Gasteiger partial charge in [-0.2, -0.15) is 11.8 Å². The third-order valence-electron chi connectivity index (χ3n) is 4.18. The van der Waals surface area contributed by atoms with Gasteiger partial charge < -0.3 is 15.2 Å². The largest absolute Gasteiger partial charge is 0.508 e. The van der Waals surface area contributed by atoms with Crippen LogP contribution in [0.4, 0.5) is 0 Å². The fourth-order valence-corrected chi connectivity index (χ4v) is 4.80. The molecule has 136 valence electrons. The van der Waals surface area contributed by atoms with Crippen LogP contribution in [-0.2, 0) is 16.0 Å². The summed E-state index contributed by atoms with van der Waals surface area (Å²) in [6.45, 7) is 2.32. The van der Waals surface area contributed by atoms with Crippen molar-refractivity contribution in [1.29, 1.82) is 0 Å². The van der Waals surface area contributed by atoms with Crippen molar-refractivity contribution < 1.29 is 14.6 Å². The molecule has 1 aromatic carbocycles. The van der Waals surface area contributed by atoms with Crippen LogP contribution in [0.2, 0.25) is 0 Å². The number of nitrogens with one attached hydrogen (secondary N) is 1. The number of phenols is 1. The van der Waals surface area contributed by atoms with Gasteiger partial charge in [0.2, 0.25) is 0 Å². The molecule has 1 saturated carbocycles. The number of ether oxygens (including phenoxy) is 1. The summed E-state index contributed by atoms with van der Waals surface area (Å²) >= 11 is 1.99. The number of hydrogen-bond acceptors (Lipinski definition) is 5. The predicted molar refractivity (Wildman–Crippen MR) is 102 cm³/mol. The van der Waals surface area contributed by atoms with Crippen LogP contribution in [-0.4, -0.2) is 42.8 Å². The Kier molecular flexibility index (Phi) is 8.95. The first-order valence-electron chi connectivity index (χ1n) is 8.29. The van der Waals surface area contributed by atoms with Gasteiger partial charge in [0.05, 0.1) is 6.61 Å². The molecular formula is C18H28ClNO3S. The number of benzene rings is 1. The second-order valence-corrected chi connectivity index (χ2v) is 7.31. The van der Waals surface area contributed by atoms with Crippen LogP contribution in [0.1, 0.15) is 36.8 Å². The maximum Gasteiger partial charge on any atom is 0.305 e. The summed E-state index contributed by atoms with van der Waals surface area (Å²) in [5, 5.41) is 13.0. The Labute approximate surface area is 155 Å². The third kappa shape index (κ3) is 5.30. The van der Waals surface area contributed by atoms with Crippen LogP contribution >= 0.6 is 24.2 Å². The standard InChI is InChI=1S/C16H20O3S.C2H7N.ClH/c1-2-19-14(18)4-3-7-20-16-13-9-10-8-11(17)5-6-12(10)15(13)16;1-3-2;/h5-6,8,13,15-17H,2-4,7,9H2,1H3;3H,1-2H3;1H. The van der Waals surface area contributed by atoms with E-state index in [0.29, 0.717) is 29.9 Å². The highest BCUT2D eigenvalue weighted by Gasteiger charge is 2.55. The molecule has 2 N–H and O–H groups in total. The Hall–Kier alpha value is -0.910. The van der Waals surface area contributed by atoms with Crippen molar-refractivity contribution in [3.63, 3.8) is 0 Å². The molecule has 0 saturated heterocycles. The monoisotopic (exact) mass is 373 g/mol. The zero-order chi connectivity index (χ0) is 16.8. The Morgan fingerprint density at radius 2 is 2.12 bits per heavy atom. The number of esters is 1. The number of carbonyl (C=O) groups is 1. The van der Waals surface area contributed by atoms with Crippen molar-refractivity contribution in [3.05, 3.63) is 29.3 Å². The molecule has 24 heavy (non-hydrogen) atoms. The number of phenolic OH excluding ortho intramolecular Hbond substituents is 1. The molecule has 4 nitrogen and oxygen atoms in total. The Morgan fingerprint density at radius 1 is 1.42 bits per heavy atom. The van der Waals surface area contributed by atoms with Crippen LogP contribution in [0.15, 0.2) is 18.2 Å². The lowest BCUT2D eigenvalue weighted by Crippen LogP contribution is -2.04. The molecule has 0 aromatic heterocycles. The van der Waals surface area contributed by atoms with E-state index in [-0.39, 0.29) is 18.4 Å². The lowest BCUT2D eigenvalue weighted by atomic mass is 10.1. The number of halogens is 1. The van der Waals surface area contributed by atoms with E-state index in [0.717, 1.165) is 24.5 Å². The normalized spacial score (nSPS) is 22.4. The molecular weight excluding hydrogens is 346 g/mol. The SMILES string of the molecule is CCOC(=O)CCCSC1C2Cc3cc(O)ccc3C21.CNC.Cl. The molecule has 1 aromatic rings. The molecule has 3 atom stereocenters. The van der Waals surface area contributed by atoms with E-state index >= 15 is 0 Å². The maximum absolute atomic E-state index is 11.2. The van der Waals surface area contributed by atoms with E-state index in [9.17, 15) is 9.90 Å². The molecule has 0 bridgehead atoms. The van der Waals surface area contributed by atoms with Crippen molar-refractivity contribution >= 4 is 30.1 Å². The number of aromatic hydroxyl groups is 1. The van der Waals surface area contributed by atoms with Gasteiger partial charge in [0.15, 0.2) is 0 Å². The van der Waals surface area contributed by atoms with Crippen LogP contribution in [0.3, 0.4) is 0 Å². The van der Waals surface area contributed by atoms with Gasteiger partial charge in [-0.25, -0.2) is 0 Å². The first-order valence-corrected chi connectivity index (χ1v) is 9.34. The van der Waals surface area contributed by atoms with Gasteiger partial charge >= 0.3 is 5.97 Å². The van der Waals surface area contributed by atoms with Gasteiger partial charge in [-0.3, -0.25) is 4.79 Å². The molecule has 0 amide bonds. The summed E-state index contributed by atoms with van der Waals surface area (Å²) in [6.07, 6.45) is 2.54. The molecule has 0 heterocycles. The number of carbonyl (C=O) groups excluding carboxylic acids is 1. The van der Waals surface area contributed by atoms with Gasteiger partial charge in [0, 0.05) is 17.6 Å². The molecule has 6 heteroatoms. The average molecular weight is 374 g/mol. The lowest BCUT2D eigenvalue weighted by molar-refractivity contribution is -0.143. The Morgan fingerprint density at radius 3 is 2.79 bits per heavy atom. The highest BCUT2D eigenvalue weighted by Crippen LogP contribution is 2.62. The van der Waals surface area contributed by atoms with Gasteiger partial charge in [0.1, 0.15) is 5.75 Å². The number of thioether (sulfide) groups is 1. The minimum Gasteiger partial charge on any atom is -0.508 e. The minimum absolute atomic E-state index is 0. The molecule has 2 aliphatic carbocycles. The van der Waals surface area contributed by atoms with Gasteiger partial charge in [-0.15, -0.1) is 12.4 Å². The highest BCUT2D eigenvalue weighted by atomic mass is 35.5. The first-order chi connectivity index (χ1) is 11.1. The molecule has 3 unspecified atom stereocenters. The van der Waals surface area contributed by atoms with E-state index in [4.69, 9.17) is 4.74 Å². The molecule has 0 aliphatic heterocycles. The van der Waals surface area contributed by atoms with E-state index in [1.165, 1.54) is 11.1 Å². The van der Waals surface area contributed by atoms with Crippen LogP contribution in [0.5, 0.6) is 5.75 Å². The van der Waals surface area contributed by atoms with Crippen LogP contribution in [0, 0.1) is 5.92 Å². The third-order valence-corrected chi connectivity index (χ3v) is 5.73. The van der Waals surface area contributed by atoms with E-state index in [1.807, 2.05) is 38.8 Å². The second kappa shape index (κ2) is 10.2. The number of fused-ring (bicyclic) bond motifs is 3. The quantitative estimate of drug-likeness (QED) is 0.591. The molecule has 0 spiro atoms. The fourth-order valence-electron chi connectivity index (χ4n) is 3.24. The fraction of sp³-hybridized carbons (Fsp3) is 0.611. The van der Waals surface area contributed by atoms with E-state index in [2.05, 4.69) is 11.4 Å². The van der Waals surface area contributed by atoms with Crippen molar-refractivity contribution in [2.24, 2.45) is 5.92 Å². The van der Waals surface area contributed by atoms with Crippen molar-refractivity contribution in [3.8, 4) is 5.75 Å². The summed E-state index contributed by atoms with van der Waals surface area (Å²) < 4.78 is 4.92. The van der Waals surface area contributed by atoms with E-state index in [1.54, 1.807) is 6.07 Å². The Bertz CT molecular complexity index is 541. The summed E-state index contributed by atoms with van der Waals surface area (Å²) in [6, 6.07) is 5.78. The van der Waals surface area contributed by atoms with Crippen LogP contribution < -0.4 is 5.32 Å². The summed E-state index contributed by atoms with van der Waals surface area (Å²) in [4.78, 5) is 11.2. The first kappa shape index (κ1) is 21.1.